The topological polar surface area (TPSA) is 121 Å². The highest BCUT2D eigenvalue weighted by Crippen LogP contribution is 2.26. The fraction of sp³-hybridized carbons (Fsp3) is 0.0769. The number of pyridine rings is 1. The van der Waals surface area contributed by atoms with Gasteiger partial charge in [0.15, 0.2) is 23.0 Å². The molecule has 9 nitrogen and oxygen atoms in total. The molecule has 2 N–H and O–H groups in total. The number of rotatable bonds is 3. The smallest absolute Gasteiger partial charge is 0.199 e. The number of fused-ring (bicyclic) bond motifs is 1. The molecule has 4 aromatic heterocycles. The molecule has 4 rings (SSSR count). The standard InChI is InChI=1S/C13H9FN8O/c14-8-1-9-12(18-4-8)22(5-7-2-16-6-17-3-7)13(19-9)10-11(15)21-23-20-10/h1-4,6H,5H2,(H2,15,21). The lowest BCUT2D eigenvalue weighted by molar-refractivity contribution is 0.310. The minimum absolute atomic E-state index is 0.0892. The second kappa shape index (κ2) is 5.09. The Labute approximate surface area is 128 Å². The Bertz CT molecular complexity index is 980. The fourth-order valence-corrected chi connectivity index (χ4v) is 2.26. The van der Waals surface area contributed by atoms with E-state index < -0.39 is 5.82 Å². The first-order chi connectivity index (χ1) is 11.2. The van der Waals surface area contributed by atoms with Crippen molar-refractivity contribution in [3.8, 4) is 11.5 Å². The van der Waals surface area contributed by atoms with Crippen molar-refractivity contribution in [3.63, 3.8) is 0 Å². The molecule has 0 aliphatic heterocycles. The normalized spacial score (nSPS) is 11.2. The summed E-state index contributed by atoms with van der Waals surface area (Å²) in [7, 11) is 0. The van der Waals surface area contributed by atoms with Crippen LogP contribution in [0, 0.1) is 5.82 Å². The molecule has 114 valence electrons. The molecule has 0 unspecified atom stereocenters. The summed E-state index contributed by atoms with van der Waals surface area (Å²) in [4.78, 5) is 16.4. The monoisotopic (exact) mass is 312 g/mol. The third-order valence-electron chi connectivity index (χ3n) is 3.23. The van der Waals surface area contributed by atoms with Gasteiger partial charge in [0.1, 0.15) is 17.7 Å². The molecule has 4 heterocycles. The molecule has 4 aromatic rings. The molecule has 0 saturated heterocycles. The number of hydrogen-bond donors (Lipinski definition) is 1. The van der Waals surface area contributed by atoms with Crippen LogP contribution in [0.5, 0.6) is 0 Å². The number of aromatic nitrogens is 7. The van der Waals surface area contributed by atoms with Gasteiger partial charge in [-0.25, -0.2) is 29.0 Å². The largest absolute Gasteiger partial charge is 0.379 e. The Hall–Kier alpha value is -3.43. The van der Waals surface area contributed by atoms with E-state index in [0.717, 1.165) is 11.8 Å². The molecule has 23 heavy (non-hydrogen) atoms. The third kappa shape index (κ3) is 2.25. The van der Waals surface area contributed by atoms with Gasteiger partial charge in [0.2, 0.25) is 0 Å². The first kappa shape index (κ1) is 13.2. The average molecular weight is 312 g/mol. The minimum atomic E-state index is -0.483. The molecule has 0 radical (unpaired) electrons. The van der Waals surface area contributed by atoms with E-state index in [-0.39, 0.29) is 11.5 Å². The molecule has 0 bridgehead atoms. The van der Waals surface area contributed by atoms with Gasteiger partial charge in [-0.2, -0.15) is 0 Å². The highest BCUT2D eigenvalue weighted by atomic mass is 19.1. The van der Waals surface area contributed by atoms with Crippen molar-refractivity contribution in [1.29, 1.82) is 0 Å². The summed E-state index contributed by atoms with van der Waals surface area (Å²) in [6.07, 6.45) is 5.88. The van der Waals surface area contributed by atoms with Crippen LogP contribution in [0.3, 0.4) is 0 Å². The lowest BCUT2D eigenvalue weighted by Gasteiger charge is -2.06. The molecule has 0 amide bonds. The van der Waals surface area contributed by atoms with Gasteiger partial charge >= 0.3 is 0 Å². The summed E-state index contributed by atoms with van der Waals surface area (Å²) in [5, 5.41) is 7.31. The predicted octanol–water partition coefficient (Wildman–Crippen LogP) is 1.04. The van der Waals surface area contributed by atoms with E-state index in [1.807, 2.05) is 0 Å². The van der Waals surface area contributed by atoms with Crippen LogP contribution in [-0.4, -0.2) is 34.8 Å². The molecular weight excluding hydrogens is 303 g/mol. The van der Waals surface area contributed by atoms with E-state index in [1.165, 1.54) is 12.4 Å². The zero-order valence-corrected chi connectivity index (χ0v) is 11.6. The summed E-state index contributed by atoms with van der Waals surface area (Å²) in [6, 6.07) is 1.29. The van der Waals surface area contributed by atoms with E-state index in [4.69, 9.17) is 5.73 Å². The summed E-state index contributed by atoms with van der Waals surface area (Å²) in [6.45, 7) is 0.359. The number of hydrogen-bond acceptors (Lipinski definition) is 8. The number of halogens is 1. The van der Waals surface area contributed by atoms with Crippen molar-refractivity contribution in [2.75, 3.05) is 5.73 Å². The van der Waals surface area contributed by atoms with E-state index in [0.29, 0.717) is 23.5 Å². The van der Waals surface area contributed by atoms with Crippen molar-refractivity contribution in [2.24, 2.45) is 0 Å². The van der Waals surface area contributed by atoms with Crippen molar-refractivity contribution < 1.29 is 9.02 Å². The first-order valence-corrected chi connectivity index (χ1v) is 6.56. The SMILES string of the molecule is Nc1nonc1-c1nc2cc(F)cnc2n1Cc1cncnc1. The van der Waals surface area contributed by atoms with Crippen LogP contribution in [0.2, 0.25) is 0 Å². The van der Waals surface area contributed by atoms with Crippen molar-refractivity contribution in [2.45, 2.75) is 6.54 Å². The lowest BCUT2D eigenvalue weighted by atomic mass is 10.3. The van der Waals surface area contributed by atoms with Gasteiger partial charge in [-0.1, -0.05) is 0 Å². The van der Waals surface area contributed by atoms with Crippen LogP contribution >= 0.6 is 0 Å². The van der Waals surface area contributed by atoms with Crippen LogP contribution in [0.4, 0.5) is 10.2 Å². The fourth-order valence-electron chi connectivity index (χ4n) is 2.26. The van der Waals surface area contributed by atoms with E-state index >= 15 is 0 Å². The Morgan fingerprint density at radius 3 is 2.74 bits per heavy atom. The zero-order chi connectivity index (χ0) is 15.8. The van der Waals surface area contributed by atoms with Gasteiger partial charge in [-0.3, -0.25) is 0 Å². The van der Waals surface area contributed by atoms with E-state index in [9.17, 15) is 4.39 Å². The van der Waals surface area contributed by atoms with Crippen LogP contribution in [0.1, 0.15) is 5.56 Å². The van der Waals surface area contributed by atoms with E-state index in [1.54, 1.807) is 17.0 Å². The van der Waals surface area contributed by atoms with Crippen molar-refractivity contribution >= 4 is 17.0 Å². The van der Waals surface area contributed by atoms with Crippen molar-refractivity contribution in [1.82, 2.24) is 34.8 Å². The van der Waals surface area contributed by atoms with Gasteiger partial charge in [0.05, 0.1) is 12.7 Å². The molecular formula is C13H9FN8O. The molecule has 0 fully saturated rings. The molecule has 0 aliphatic rings. The van der Waals surface area contributed by atoms with Crippen LogP contribution in [0.15, 0.2) is 35.6 Å². The summed E-state index contributed by atoms with van der Waals surface area (Å²) in [5.74, 6) is -0.0185. The van der Waals surface area contributed by atoms with Gasteiger partial charge < -0.3 is 10.3 Å². The quantitative estimate of drug-likeness (QED) is 0.595. The number of anilines is 1. The minimum Gasteiger partial charge on any atom is -0.379 e. The van der Waals surface area contributed by atoms with Crippen LogP contribution in [0.25, 0.3) is 22.7 Å². The number of nitrogen functional groups attached to an aromatic ring is 1. The third-order valence-corrected chi connectivity index (χ3v) is 3.23. The van der Waals surface area contributed by atoms with E-state index in [2.05, 4.69) is 34.9 Å². The number of nitrogens with zero attached hydrogens (tertiary/aromatic N) is 7. The van der Waals surface area contributed by atoms with Gasteiger partial charge in [0, 0.05) is 24.0 Å². The highest BCUT2D eigenvalue weighted by Gasteiger charge is 2.20. The molecule has 0 aliphatic carbocycles. The Kier molecular flexibility index (Phi) is 2.93. The predicted molar refractivity (Wildman–Crippen MR) is 76.3 cm³/mol. The maximum atomic E-state index is 13.4. The van der Waals surface area contributed by atoms with Gasteiger partial charge in [-0.05, 0) is 10.3 Å². The number of nitrogens with two attached hydrogens (primary N) is 1. The summed E-state index contributed by atoms with van der Waals surface area (Å²) < 4.78 is 19.8. The summed E-state index contributed by atoms with van der Waals surface area (Å²) >= 11 is 0. The maximum absolute atomic E-state index is 13.4. The second-order valence-electron chi connectivity index (χ2n) is 4.76. The molecule has 0 spiro atoms. The Morgan fingerprint density at radius 2 is 2.00 bits per heavy atom. The Balaban J connectivity index is 1.94. The molecule has 0 atom stereocenters. The first-order valence-electron chi connectivity index (χ1n) is 6.56. The van der Waals surface area contributed by atoms with Crippen LogP contribution < -0.4 is 5.73 Å². The molecule has 10 heteroatoms. The number of imidazole rings is 1. The lowest BCUT2D eigenvalue weighted by Crippen LogP contribution is -2.05. The zero-order valence-electron chi connectivity index (χ0n) is 11.6. The van der Waals surface area contributed by atoms with Gasteiger partial charge in [-0.15, -0.1) is 0 Å². The summed E-state index contributed by atoms with van der Waals surface area (Å²) in [5.41, 5.74) is 7.68. The average Bonchev–Trinajstić information content (AvgIpc) is 3.12. The highest BCUT2D eigenvalue weighted by molar-refractivity contribution is 5.78. The second-order valence-corrected chi connectivity index (χ2v) is 4.76. The van der Waals surface area contributed by atoms with Crippen molar-refractivity contribution in [3.05, 3.63) is 42.4 Å². The Morgan fingerprint density at radius 1 is 1.17 bits per heavy atom. The van der Waals surface area contributed by atoms with Gasteiger partial charge in [0.25, 0.3) is 0 Å². The molecule has 0 saturated carbocycles. The van der Waals surface area contributed by atoms with Crippen LogP contribution in [-0.2, 0) is 6.54 Å². The maximum Gasteiger partial charge on any atom is 0.199 e. The molecule has 0 aromatic carbocycles.